The number of amides is 1. The highest BCUT2D eigenvalue weighted by Gasteiger charge is 2.39. The van der Waals surface area contributed by atoms with Crippen molar-refractivity contribution in [3.63, 3.8) is 0 Å². The summed E-state index contributed by atoms with van der Waals surface area (Å²) in [6, 6.07) is 10.4. The molecule has 3 nitrogen and oxygen atoms in total. The molecule has 2 saturated heterocycles. The van der Waals surface area contributed by atoms with Crippen LogP contribution in [0, 0.1) is 18.7 Å². The fraction of sp³-hybridized carbons (Fsp3) is 0.435. The van der Waals surface area contributed by atoms with Crippen molar-refractivity contribution >= 4 is 29.1 Å². The molecule has 2 fully saturated rings. The smallest absolute Gasteiger partial charge is 0.226 e. The lowest BCUT2D eigenvalue weighted by Crippen LogP contribution is -2.45. The molecule has 154 valence electrons. The molecule has 2 aliphatic heterocycles. The van der Waals surface area contributed by atoms with Gasteiger partial charge in [-0.2, -0.15) is 0 Å². The number of halogens is 3. The van der Waals surface area contributed by atoms with Gasteiger partial charge in [-0.05, 0) is 79.8 Å². The second kappa shape index (κ2) is 8.63. The van der Waals surface area contributed by atoms with Gasteiger partial charge in [0.05, 0.1) is 6.04 Å². The van der Waals surface area contributed by atoms with E-state index in [9.17, 15) is 9.18 Å². The van der Waals surface area contributed by atoms with Crippen molar-refractivity contribution in [2.75, 3.05) is 19.6 Å². The molecule has 2 heterocycles. The summed E-state index contributed by atoms with van der Waals surface area (Å²) >= 11 is 12.4. The molecule has 1 N–H and O–H groups in total. The maximum Gasteiger partial charge on any atom is 0.226 e. The van der Waals surface area contributed by atoms with E-state index in [0.29, 0.717) is 10.0 Å². The lowest BCUT2D eigenvalue weighted by atomic mass is 9.79. The molecule has 6 heteroatoms. The van der Waals surface area contributed by atoms with Crippen molar-refractivity contribution in [3.8, 4) is 0 Å². The second-order valence-corrected chi connectivity index (χ2v) is 8.97. The third-order valence-electron chi connectivity index (χ3n) is 6.24. The fourth-order valence-corrected chi connectivity index (χ4v) is 5.44. The number of nitrogens with one attached hydrogen (secondary N) is 1. The normalized spacial score (nSPS) is 24.7. The van der Waals surface area contributed by atoms with E-state index in [2.05, 4.69) is 5.32 Å². The van der Waals surface area contributed by atoms with E-state index in [1.165, 1.54) is 6.07 Å². The number of carbonyl (C=O) groups is 1. The first-order valence-corrected chi connectivity index (χ1v) is 10.9. The van der Waals surface area contributed by atoms with Crippen LogP contribution in [0.25, 0.3) is 0 Å². The van der Waals surface area contributed by atoms with Crippen molar-refractivity contribution in [2.24, 2.45) is 5.92 Å². The first-order chi connectivity index (χ1) is 13.9. The number of benzene rings is 2. The van der Waals surface area contributed by atoms with Crippen LogP contribution in [0.3, 0.4) is 0 Å². The van der Waals surface area contributed by atoms with Crippen molar-refractivity contribution in [3.05, 3.63) is 69.0 Å². The Balaban J connectivity index is 1.62. The maximum absolute atomic E-state index is 13.7. The van der Waals surface area contributed by atoms with Gasteiger partial charge >= 0.3 is 0 Å². The summed E-state index contributed by atoms with van der Waals surface area (Å²) in [5, 5.41) is 4.59. The zero-order valence-corrected chi connectivity index (χ0v) is 17.9. The highest BCUT2D eigenvalue weighted by molar-refractivity contribution is 6.34. The number of hydrogen-bond donors (Lipinski definition) is 1. The lowest BCUT2D eigenvalue weighted by Gasteiger charge is -2.37. The molecule has 2 aliphatic rings. The summed E-state index contributed by atoms with van der Waals surface area (Å²) in [7, 11) is 0. The van der Waals surface area contributed by atoms with Crippen LogP contribution in [-0.2, 0) is 4.79 Å². The van der Waals surface area contributed by atoms with E-state index in [-0.39, 0.29) is 29.6 Å². The highest BCUT2D eigenvalue weighted by atomic mass is 35.5. The molecule has 29 heavy (non-hydrogen) atoms. The SMILES string of the molecule is Cc1cc(F)ccc1[C@@H]1CNCC[C@H]1C(=O)N1CCCC1c1cc(Cl)cc(Cl)c1. The number of aryl methyl sites for hydroxylation is 1. The van der Waals surface area contributed by atoms with Crippen LogP contribution >= 0.6 is 23.2 Å². The predicted molar refractivity (Wildman–Crippen MR) is 115 cm³/mol. The minimum atomic E-state index is -0.240. The first kappa shape index (κ1) is 20.6. The summed E-state index contributed by atoms with van der Waals surface area (Å²) in [5.41, 5.74) is 2.95. The number of piperidine rings is 1. The van der Waals surface area contributed by atoms with Crippen LogP contribution < -0.4 is 5.32 Å². The van der Waals surface area contributed by atoms with Gasteiger partial charge in [0.2, 0.25) is 5.91 Å². The van der Waals surface area contributed by atoms with Crippen LogP contribution in [0.4, 0.5) is 4.39 Å². The molecular formula is C23H25Cl2FN2O. The number of rotatable bonds is 3. The van der Waals surface area contributed by atoms with Gasteiger partial charge in [0.1, 0.15) is 5.82 Å². The number of nitrogens with zero attached hydrogens (tertiary/aromatic N) is 1. The van der Waals surface area contributed by atoms with Crippen LogP contribution in [0.5, 0.6) is 0 Å². The quantitative estimate of drug-likeness (QED) is 0.691. The first-order valence-electron chi connectivity index (χ1n) is 10.2. The molecule has 1 unspecified atom stereocenters. The maximum atomic E-state index is 13.7. The summed E-state index contributed by atoms with van der Waals surface area (Å²) in [6.07, 6.45) is 2.65. The molecule has 4 rings (SSSR count). The standard InChI is InChI=1S/C23H25Cl2FN2O/c1-14-9-18(26)4-5-19(14)21-13-27-7-6-20(21)23(29)28-8-2-3-22(28)15-10-16(24)12-17(25)11-15/h4-5,9-12,20-22,27H,2-3,6-8,13H2,1H3/t20-,21+,22?/m1/s1. The molecule has 0 aliphatic carbocycles. The van der Waals surface area contributed by atoms with Crippen LogP contribution in [0.1, 0.15) is 47.9 Å². The third-order valence-corrected chi connectivity index (χ3v) is 6.67. The van der Waals surface area contributed by atoms with E-state index < -0.39 is 0 Å². The molecular weight excluding hydrogens is 410 g/mol. The third kappa shape index (κ3) is 4.30. The Hall–Kier alpha value is -1.62. The minimum absolute atomic E-state index is 0.00329. The molecule has 3 atom stereocenters. The van der Waals surface area contributed by atoms with Crippen molar-refractivity contribution < 1.29 is 9.18 Å². The zero-order valence-electron chi connectivity index (χ0n) is 16.4. The van der Waals surface area contributed by atoms with Crippen LogP contribution in [0.15, 0.2) is 36.4 Å². The summed E-state index contributed by atoms with van der Waals surface area (Å²) < 4.78 is 13.6. The van der Waals surface area contributed by atoms with E-state index in [0.717, 1.165) is 55.6 Å². The highest BCUT2D eigenvalue weighted by Crippen LogP contribution is 2.39. The average molecular weight is 435 g/mol. The largest absolute Gasteiger partial charge is 0.335 e. The van der Waals surface area contributed by atoms with E-state index in [1.54, 1.807) is 12.1 Å². The van der Waals surface area contributed by atoms with E-state index in [1.807, 2.05) is 30.0 Å². The Morgan fingerprint density at radius 1 is 1.14 bits per heavy atom. The molecule has 2 aromatic carbocycles. The predicted octanol–water partition coefficient (Wildman–Crippen LogP) is 5.50. The van der Waals surface area contributed by atoms with Crippen LogP contribution in [-0.4, -0.2) is 30.4 Å². The topological polar surface area (TPSA) is 32.3 Å². The van der Waals surface area contributed by atoms with Gasteiger partial charge in [0.15, 0.2) is 0 Å². The monoisotopic (exact) mass is 434 g/mol. The van der Waals surface area contributed by atoms with Crippen LogP contribution in [0.2, 0.25) is 10.0 Å². The molecule has 0 spiro atoms. The zero-order chi connectivity index (χ0) is 20.5. The molecule has 0 saturated carbocycles. The van der Waals surface area contributed by atoms with Gasteiger partial charge in [-0.1, -0.05) is 29.3 Å². The van der Waals surface area contributed by atoms with Crippen molar-refractivity contribution in [2.45, 2.75) is 38.1 Å². The Bertz CT molecular complexity index is 899. The molecule has 0 aromatic heterocycles. The minimum Gasteiger partial charge on any atom is -0.335 e. The van der Waals surface area contributed by atoms with Crippen molar-refractivity contribution in [1.82, 2.24) is 10.2 Å². The van der Waals surface area contributed by atoms with Gasteiger partial charge < -0.3 is 10.2 Å². The van der Waals surface area contributed by atoms with Gasteiger partial charge in [0.25, 0.3) is 0 Å². The Kier molecular flexibility index (Phi) is 6.14. The van der Waals surface area contributed by atoms with Gasteiger partial charge in [0, 0.05) is 35.0 Å². The number of carbonyl (C=O) groups excluding carboxylic acids is 1. The molecule has 0 radical (unpaired) electrons. The lowest BCUT2D eigenvalue weighted by molar-refractivity contribution is -0.138. The second-order valence-electron chi connectivity index (χ2n) is 8.10. The summed E-state index contributed by atoms with van der Waals surface area (Å²) in [6.45, 7) is 4.20. The number of hydrogen-bond acceptors (Lipinski definition) is 2. The average Bonchev–Trinajstić information content (AvgIpc) is 3.17. The molecule has 0 bridgehead atoms. The Morgan fingerprint density at radius 2 is 1.90 bits per heavy atom. The summed E-state index contributed by atoms with van der Waals surface area (Å²) in [4.78, 5) is 15.7. The molecule has 1 amide bonds. The van der Waals surface area contributed by atoms with Crippen molar-refractivity contribution in [1.29, 1.82) is 0 Å². The van der Waals surface area contributed by atoms with Gasteiger partial charge in [-0.3, -0.25) is 4.79 Å². The van der Waals surface area contributed by atoms with Gasteiger partial charge in [-0.15, -0.1) is 0 Å². The fourth-order valence-electron chi connectivity index (χ4n) is 4.89. The number of likely N-dealkylation sites (tertiary alicyclic amines) is 1. The van der Waals surface area contributed by atoms with E-state index in [4.69, 9.17) is 23.2 Å². The Morgan fingerprint density at radius 3 is 2.62 bits per heavy atom. The Labute approximate surface area is 181 Å². The summed E-state index contributed by atoms with van der Waals surface area (Å²) in [5.74, 6) is -0.133. The molecule has 2 aromatic rings. The van der Waals surface area contributed by atoms with Gasteiger partial charge in [-0.25, -0.2) is 4.39 Å². The van der Waals surface area contributed by atoms with E-state index >= 15 is 0 Å².